The highest BCUT2D eigenvalue weighted by atomic mass is 32.1. The number of fused-ring (bicyclic) bond motifs is 6. The van der Waals surface area contributed by atoms with Gasteiger partial charge in [-0.1, -0.05) is 78.1 Å². The lowest BCUT2D eigenvalue weighted by Gasteiger charge is -2.08. The van der Waals surface area contributed by atoms with Gasteiger partial charge in [0.15, 0.2) is 4.96 Å². The van der Waals surface area contributed by atoms with Gasteiger partial charge in [-0.15, -0.1) is 4.91 Å². The number of nitrogens with zero attached hydrogens (tertiary/aromatic N) is 4. The van der Waals surface area contributed by atoms with E-state index in [9.17, 15) is 4.91 Å². The lowest BCUT2D eigenvalue weighted by Crippen LogP contribution is -1.94. The van der Waals surface area contributed by atoms with Crippen molar-refractivity contribution in [2.45, 2.75) is 0 Å². The number of rotatable bonds is 3. The van der Waals surface area contributed by atoms with E-state index in [1.807, 2.05) is 34.7 Å². The van der Waals surface area contributed by atoms with Gasteiger partial charge < -0.3 is 4.57 Å². The lowest BCUT2D eigenvalue weighted by molar-refractivity contribution is 1.18. The van der Waals surface area contributed by atoms with E-state index in [1.165, 1.54) is 10.8 Å². The Morgan fingerprint density at radius 1 is 0.727 bits per heavy atom. The second-order valence-electron chi connectivity index (χ2n) is 7.98. The first-order valence-electron chi connectivity index (χ1n) is 10.7. The number of thiazole rings is 1. The van der Waals surface area contributed by atoms with Crippen molar-refractivity contribution < 1.29 is 0 Å². The zero-order valence-electron chi connectivity index (χ0n) is 17.3. The summed E-state index contributed by atoms with van der Waals surface area (Å²) >= 11 is 1.56. The van der Waals surface area contributed by atoms with Crippen molar-refractivity contribution in [3.8, 4) is 16.9 Å². The molecule has 0 spiro atoms. The number of para-hydroxylation sites is 2. The largest absolute Gasteiger partial charge is 0.309 e. The third-order valence-electron chi connectivity index (χ3n) is 6.18. The van der Waals surface area contributed by atoms with Crippen LogP contribution in [-0.4, -0.2) is 14.0 Å². The van der Waals surface area contributed by atoms with Gasteiger partial charge >= 0.3 is 0 Å². The van der Waals surface area contributed by atoms with Gasteiger partial charge in [0.25, 0.3) is 0 Å². The number of imidazole rings is 1. The van der Waals surface area contributed by atoms with Crippen molar-refractivity contribution in [2.24, 2.45) is 5.18 Å². The normalized spacial score (nSPS) is 11.8. The molecule has 156 valence electrons. The van der Waals surface area contributed by atoms with Gasteiger partial charge in [0.05, 0.1) is 21.3 Å². The second kappa shape index (κ2) is 6.85. The number of benzene rings is 4. The van der Waals surface area contributed by atoms with E-state index in [2.05, 4.69) is 76.5 Å². The van der Waals surface area contributed by atoms with Crippen LogP contribution in [0.5, 0.6) is 0 Å². The fourth-order valence-corrected chi connectivity index (χ4v) is 5.76. The van der Waals surface area contributed by atoms with E-state index in [-0.39, 0.29) is 0 Å². The van der Waals surface area contributed by atoms with E-state index >= 15 is 0 Å². The highest BCUT2D eigenvalue weighted by molar-refractivity contribution is 7.23. The number of hydrogen-bond donors (Lipinski definition) is 0. The van der Waals surface area contributed by atoms with Gasteiger partial charge in [-0.25, -0.2) is 4.98 Å². The standard InChI is InChI=1S/C27H16N4OS/c32-29-26-25(17-8-2-1-3-9-17)28-27-31(26)23-16-18(14-15-24(23)33-27)30-21-12-6-4-10-19(21)20-11-5-7-13-22(20)30/h1-16H. The van der Waals surface area contributed by atoms with Crippen molar-refractivity contribution >= 4 is 54.1 Å². The van der Waals surface area contributed by atoms with Crippen molar-refractivity contribution in [1.29, 1.82) is 0 Å². The Labute approximate surface area is 192 Å². The van der Waals surface area contributed by atoms with Crippen LogP contribution in [0, 0.1) is 4.91 Å². The molecule has 0 aliphatic rings. The maximum atomic E-state index is 12.0. The number of aromatic nitrogens is 3. The average Bonchev–Trinajstić information content (AvgIpc) is 3.52. The van der Waals surface area contributed by atoms with E-state index < -0.39 is 0 Å². The maximum Gasteiger partial charge on any atom is 0.210 e. The maximum absolute atomic E-state index is 12.0. The monoisotopic (exact) mass is 444 g/mol. The summed E-state index contributed by atoms with van der Waals surface area (Å²) in [6.07, 6.45) is 0. The summed E-state index contributed by atoms with van der Waals surface area (Å²) in [6, 6.07) is 33.0. The van der Waals surface area contributed by atoms with Crippen LogP contribution in [0.4, 0.5) is 5.82 Å². The summed E-state index contributed by atoms with van der Waals surface area (Å²) in [5.41, 5.74) is 5.75. The summed E-state index contributed by atoms with van der Waals surface area (Å²) in [5.74, 6) is 0.335. The second-order valence-corrected chi connectivity index (χ2v) is 8.99. The molecule has 0 aliphatic heterocycles. The highest BCUT2D eigenvalue weighted by Crippen LogP contribution is 2.39. The first kappa shape index (κ1) is 18.3. The Hall–Kier alpha value is -4.29. The minimum Gasteiger partial charge on any atom is -0.309 e. The molecule has 0 amide bonds. The van der Waals surface area contributed by atoms with Gasteiger partial charge in [0.2, 0.25) is 5.82 Å². The predicted molar refractivity (Wildman–Crippen MR) is 136 cm³/mol. The molecule has 7 rings (SSSR count). The molecule has 0 radical (unpaired) electrons. The van der Waals surface area contributed by atoms with Crippen LogP contribution in [0.3, 0.4) is 0 Å². The van der Waals surface area contributed by atoms with E-state index in [1.54, 1.807) is 11.3 Å². The molecule has 4 aromatic carbocycles. The average molecular weight is 445 g/mol. The Morgan fingerprint density at radius 2 is 1.39 bits per heavy atom. The topological polar surface area (TPSA) is 51.7 Å². The lowest BCUT2D eigenvalue weighted by atomic mass is 10.1. The van der Waals surface area contributed by atoms with Gasteiger partial charge in [0.1, 0.15) is 5.69 Å². The third kappa shape index (κ3) is 2.55. The van der Waals surface area contributed by atoms with Crippen LogP contribution in [-0.2, 0) is 0 Å². The van der Waals surface area contributed by atoms with Crippen LogP contribution >= 0.6 is 11.3 Å². The molecule has 0 unspecified atom stereocenters. The van der Waals surface area contributed by atoms with Crippen molar-refractivity contribution in [3.63, 3.8) is 0 Å². The highest BCUT2D eigenvalue weighted by Gasteiger charge is 2.20. The van der Waals surface area contributed by atoms with Gasteiger partial charge in [-0.05, 0) is 35.5 Å². The zero-order chi connectivity index (χ0) is 21.9. The molecular weight excluding hydrogens is 428 g/mol. The summed E-state index contributed by atoms with van der Waals surface area (Å²) < 4.78 is 5.22. The van der Waals surface area contributed by atoms with Gasteiger partial charge in [-0.3, -0.25) is 4.40 Å². The molecule has 3 aromatic heterocycles. The van der Waals surface area contributed by atoms with Crippen molar-refractivity contribution in [1.82, 2.24) is 14.0 Å². The summed E-state index contributed by atoms with van der Waals surface area (Å²) in [7, 11) is 0. The summed E-state index contributed by atoms with van der Waals surface area (Å²) in [6.45, 7) is 0. The van der Waals surface area contributed by atoms with Crippen LogP contribution < -0.4 is 0 Å². The zero-order valence-corrected chi connectivity index (χ0v) is 18.2. The molecule has 0 aliphatic carbocycles. The molecule has 0 bridgehead atoms. The Morgan fingerprint density at radius 3 is 2.09 bits per heavy atom. The van der Waals surface area contributed by atoms with Crippen LogP contribution in [0.2, 0.25) is 0 Å². The summed E-state index contributed by atoms with van der Waals surface area (Å²) in [4.78, 5) is 17.5. The quantitative estimate of drug-likeness (QED) is 0.262. The molecule has 0 saturated carbocycles. The molecule has 6 heteroatoms. The Balaban J connectivity index is 1.55. The van der Waals surface area contributed by atoms with E-state index in [4.69, 9.17) is 4.98 Å². The smallest absolute Gasteiger partial charge is 0.210 e. The number of hydrogen-bond acceptors (Lipinski definition) is 4. The minimum atomic E-state index is 0.335. The summed E-state index contributed by atoms with van der Waals surface area (Å²) in [5, 5.41) is 5.83. The minimum absolute atomic E-state index is 0.335. The molecule has 0 atom stereocenters. The van der Waals surface area contributed by atoms with Crippen LogP contribution in [0.25, 0.3) is 53.9 Å². The molecule has 33 heavy (non-hydrogen) atoms. The van der Waals surface area contributed by atoms with Gasteiger partial charge in [-0.2, -0.15) is 0 Å². The van der Waals surface area contributed by atoms with Crippen molar-refractivity contribution in [2.75, 3.05) is 0 Å². The fraction of sp³-hybridized carbons (Fsp3) is 0. The first-order chi connectivity index (χ1) is 16.3. The van der Waals surface area contributed by atoms with Crippen molar-refractivity contribution in [3.05, 3.63) is 102 Å². The number of nitroso groups, excluding NO2 is 1. The van der Waals surface area contributed by atoms with Gasteiger partial charge in [0, 0.05) is 22.0 Å². The van der Waals surface area contributed by atoms with E-state index in [0.717, 1.165) is 37.5 Å². The fourth-order valence-electron chi connectivity index (χ4n) is 4.76. The molecule has 7 aromatic rings. The molecule has 0 fully saturated rings. The molecular formula is C27H16N4OS. The SMILES string of the molecule is O=Nc1c(-c2ccccc2)nc2sc3ccc(-n4c5ccccc5c5ccccc54)cc3n12. The first-order valence-corrected chi connectivity index (χ1v) is 11.5. The molecule has 3 heterocycles. The van der Waals surface area contributed by atoms with Crippen LogP contribution in [0.1, 0.15) is 0 Å². The van der Waals surface area contributed by atoms with Crippen LogP contribution in [0.15, 0.2) is 102 Å². The third-order valence-corrected chi connectivity index (χ3v) is 7.20. The molecule has 5 nitrogen and oxygen atoms in total. The van der Waals surface area contributed by atoms with E-state index in [0.29, 0.717) is 11.5 Å². The molecule has 0 N–H and O–H groups in total. The molecule has 0 saturated heterocycles. The Kier molecular flexibility index (Phi) is 3.80. The predicted octanol–water partition coefficient (Wildman–Crippen LogP) is 7.71. The Bertz CT molecular complexity index is 1790.